The molecule has 102 valence electrons. The van der Waals surface area contributed by atoms with E-state index in [4.69, 9.17) is 0 Å². The third-order valence-electron chi connectivity index (χ3n) is 2.57. The molecule has 0 aliphatic heterocycles. The predicted molar refractivity (Wildman–Crippen MR) is 74.2 cm³/mol. The van der Waals surface area contributed by atoms with E-state index in [-0.39, 0.29) is 5.25 Å². The number of aromatic nitrogens is 2. The van der Waals surface area contributed by atoms with Crippen LogP contribution >= 0.6 is 23.1 Å². The summed E-state index contributed by atoms with van der Waals surface area (Å²) in [5.74, 6) is -0.805. The Labute approximate surface area is 115 Å². The SMILES string of the molecule is CCCNC(C)(CC(C)Sc1nncs1)C(=O)O. The Hall–Kier alpha value is -0.660. The quantitative estimate of drug-likeness (QED) is 0.715. The molecule has 1 aromatic heterocycles. The van der Waals surface area contributed by atoms with Crippen LogP contribution in [0.4, 0.5) is 0 Å². The van der Waals surface area contributed by atoms with Gasteiger partial charge in [-0.25, -0.2) is 0 Å². The van der Waals surface area contributed by atoms with Crippen LogP contribution in [0.25, 0.3) is 0 Å². The van der Waals surface area contributed by atoms with Gasteiger partial charge in [-0.15, -0.1) is 10.2 Å². The van der Waals surface area contributed by atoms with E-state index in [0.29, 0.717) is 13.0 Å². The Balaban J connectivity index is 2.57. The zero-order chi connectivity index (χ0) is 13.6. The molecule has 1 rings (SSSR count). The first-order valence-electron chi connectivity index (χ1n) is 5.89. The fourth-order valence-electron chi connectivity index (χ4n) is 1.64. The number of rotatable bonds is 8. The molecule has 2 atom stereocenters. The first-order valence-corrected chi connectivity index (χ1v) is 7.65. The maximum absolute atomic E-state index is 11.4. The number of nitrogens with one attached hydrogen (secondary N) is 1. The summed E-state index contributed by atoms with van der Waals surface area (Å²) >= 11 is 3.05. The number of aliphatic carboxylic acids is 1. The molecule has 7 heteroatoms. The van der Waals surface area contributed by atoms with Crippen molar-refractivity contribution in [2.45, 2.75) is 48.7 Å². The smallest absolute Gasteiger partial charge is 0.323 e. The fourth-order valence-corrected chi connectivity index (χ4v) is 3.62. The molecule has 2 unspecified atom stereocenters. The summed E-state index contributed by atoms with van der Waals surface area (Å²) in [7, 11) is 0. The second kappa shape index (κ2) is 7.06. The topological polar surface area (TPSA) is 75.1 Å². The Morgan fingerprint density at radius 1 is 1.72 bits per heavy atom. The van der Waals surface area contributed by atoms with E-state index in [1.807, 2.05) is 13.8 Å². The predicted octanol–water partition coefficient (Wildman–Crippen LogP) is 2.25. The highest BCUT2D eigenvalue weighted by Gasteiger charge is 2.34. The summed E-state index contributed by atoms with van der Waals surface area (Å²) in [6, 6.07) is 0. The lowest BCUT2D eigenvalue weighted by Gasteiger charge is -2.28. The largest absolute Gasteiger partial charge is 0.480 e. The molecule has 0 saturated heterocycles. The minimum atomic E-state index is -0.882. The van der Waals surface area contributed by atoms with Crippen molar-refractivity contribution in [3.05, 3.63) is 5.51 Å². The van der Waals surface area contributed by atoms with E-state index in [1.165, 1.54) is 11.3 Å². The Morgan fingerprint density at radius 3 is 2.94 bits per heavy atom. The van der Waals surface area contributed by atoms with Crippen LogP contribution in [0.15, 0.2) is 9.85 Å². The standard InChI is InChI=1S/C11H19N3O2S2/c1-4-5-12-11(3,9(15)16)6-8(2)18-10-14-13-7-17-10/h7-8,12H,4-6H2,1-3H3,(H,15,16). The number of nitrogens with zero attached hydrogens (tertiary/aromatic N) is 2. The van der Waals surface area contributed by atoms with Gasteiger partial charge in [0.05, 0.1) is 0 Å². The van der Waals surface area contributed by atoms with Gasteiger partial charge in [0.15, 0.2) is 4.34 Å². The van der Waals surface area contributed by atoms with Crippen molar-refractivity contribution in [2.24, 2.45) is 0 Å². The Kier molecular flexibility index (Phi) is 6.04. The van der Waals surface area contributed by atoms with Crippen LogP contribution < -0.4 is 5.32 Å². The summed E-state index contributed by atoms with van der Waals surface area (Å²) in [6.45, 7) is 6.48. The summed E-state index contributed by atoms with van der Waals surface area (Å²) in [5, 5.41) is 20.3. The van der Waals surface area contributed by atoms with Crippen molar-refractivity contribution in [2.75, 3.05) is 6.54 Å². The highest BCUT2D eigenvalue weighted by atomic mass is 32.2. The van der Waals surface area contributed by atoms with Gasteiger partial charge in [0, 0.05) is 5.25 Å². The number of carboxylic acid groups (broad SMARTS) is 1. The Morgan fingerprint density at radius 2 is 2.44 bits per heavy atom. The molecule has 0 fully saturated rings. The van der Waals surface area contributed by atoms with Crippen molar-refractivity contribution in [3.8, 4) is 0 Å². The normalized spacial score (nSPS) is 16.2. The van der Waals surface area contributed by atoms with Crippen LogP contribution in [0.3, 0.4) is 0 Å². The molecule has 1 heterocycles. The molecule has 2 N–H and O–H groups in total. The number of carbonyl (C=O) groups is 1. The first-order chi connectivity index (χ1) is 8.48. The van der Waals surface area contributed by atoms with Crippen molar-refractivity contribution >= 4 is 29.1 Å². The molecule has 0 radical (unpaired) electrons. The maximum Gasteiger partial charge on any atom is 0.323 e. The van der Waals surface area contributed by atoms with Crippen LogP contribution in [-0.4, -0.2) is 38.6 Å². The van der Waals surface area contributed by atoms with E-state index in [1.54, 1.807) is 24.2 Å². The van der Waals surface area contributed by atoms with Crippen LogP contribution in [-0.2, 0) is 4.79 Å². The fraction of sp³-hybridized carbons (Fsp3) is 0.727. The van der Waals surface area contributed by atoms with E-state index in [0.717, 1.165) is 10.8 Å². The second-order valence-corrected chi connectivity index (χ2v) is 6.92. The molecule has 0 saturated carbocycles. The van der Waals surface area contributed by atoms with Crippen molar-refractivity contribution in [3.63, 3.8) is 0 Å². The van der Waals surface area contributed by atoms with Gasteiger partial charge in [-0.1, -0.05) is 36.9 Å². The summed E-state index contributed by atoms with van der Waals surface area (Å²) < 4.78 is 0.880. The highest BCUT2D eigenvalue weighted by Crippen LogP contribution is 2.29. The number of hydrogen-bond donors (Lipinski definition) is 2. The van der Waals surface area contributed by atoms with Gasteiger partial charge in [-0.2, -0.15) is 0 Å². The van der Waals surface area contributed by atoms with Gasteiger partial charge in [-0.05, 0) is 26.3 Å². The van der Waals surface area contributed by atoms with Gasteiger partial charge in [0.25, 0.3) is 0 Å². The van der Waals surface area contributed by atoms with Gasteiger partial charge >= 0.3 is 5.97 Å². The molecular formula is C11H19N3O2S2. The molecule has 1 aromatic rings. The minimum Gasteiger partial charge on any atom is -0.480 e. The first kappa shape index (κ1) is 15.4. The highest BCUT2D eigenvalue weighted by molar-refractivity contribution is 8.01. The van der Waals surface area contributed by atoms with Crippen molar-refractivity contribution in [1.82, 2.24) is 15.5 Å². The molecule has 0 bridgehead atoms. The van der Waals surface area contributed by atoms with Gasteiger partial charge in [0.1, 0.15) is 11.0 Å². The van der Waals surface area contributed by atoms with Crippen LogP contribution in [0.1, 0.15) is 33.6 Å². The number of carboxylic acids is 1. The zero-order valence-electron chi connectivity index (χ0n) is 10.8. The molecule has 0 amide bonds. The average molecular weight is 289 g/mol. The maximum atomic E-state index is 11.4. The molecule has 0 aliphatic rings. The van der Waals surface area contributed by atoms with Crippen LogP contribution in [0, 0.1) is 0 Å². The molecule has 0 aromatic carbocycles. The van der Waals surface area contributed by atoms with E-state index < -0.39 is 11.5 Å². The lowest BCUT2D eigenvalue weighted by atomic mass is 9.96. The van der Waals surface area contributed by atoms with Crippen molar-refractivity contribution < 1.29 is 9.90 Å². The van der Waals surface area contributed by atoms with E-state index in [2.05, 4.69) is 15.5 Å². The number of thioether (sulfide) groups is 1. The van der Waals surface area contributed by atoms with Crippen LogP contribution in [0.5, 0.6) is 0 Å². The van der Waals surface area contributed by atoms with Gasteiger partial charge < -0.3 is 10.4 Å². The minimum absolute atomic E-state index is 0.170. The molecule has 0 spiro atoms. The lowest BCUT2D eigenvalue weighted by molar-refractivity contribution is -0.144. The third kappa shape index (κ3) is 4.55. The zero-order valence-corrected chi connectivity index (χ0v) is 12.5. The van der Waals surface area contributed by atoms with Crippen LogP contribution in [0.2, 0.25) is 0 Å². The lowest BCUT2D eigenvalue weighted by Crippen LogP contribution is -2.51. The second-order valence-electron chi connectivity index (χ2n) is 4.40. The molecule has 5 nitrogen and oxygen atoms in total. The Bertz CT molecular complexity index is 372. The van der Waals surface area contributed by atoms with E-state index >= 15 is 0 Å². The molecule has 0 aliphatic carbocycles. The summed E-state index contributed by atoms with van der Waals surface area (Å²) in [6.07, 6.45) is 1.47. The van der Waals surface area contributed by atoms with E-state index in [9.17, 15) is 9.90 Å². The summed E-state index contributed by atoms with van der Waals surface area (Å²) in [5.41, 5.74) is 0.799. The monoisotopic (exact) mass is 289 g/mol. The molecular weight excluding hydrogens is 270 g/mol. The van der Waals surface area contributed by atoms with Gasteiger partial charge in [-0.3, -0.25) is 4.79 Å². The summed E-state index contributed by atoms with van der Waals surface area (Å²) in [4.78, 5) is 11.4. The van der Waals surface area contributed by atoms with Gasteiger partial charge in [0.2, 0.25) is 0 Å². The number of hydrogen-bond acceptors (Lipinski definition) is 6. The molecule has 18 heavy (non-hydrogen) atoms. The third-order valence-corrected chi connectivity index (χ3v) is 4.49. The average Bonchev–Trinajstić information content (AvgIpc) is 2.78. The van der Waals surface area contributed by atoms with Crippen molar-refractivity contribution in [1.29, 1.82) is 0 Å².